The maximum absolute atomic E-state index is 13.0. The normalized spacial score (nSPS) is 16.1. The Morgan fingerprint density at radius 3 is 2.70 bits per heavy atom. The molecule has 2 aromatic rings. The largest absolute Gasteiger partial charge is 0.469 e. The minimum Gasteiger partial charge on any atom is -0.469 e. The number of esters is 2. The molecule has 1 N–H and O–H groups in total. The fraction of sp³-hybridized carbons (Fsp3) is 0.556. The van der Waals surface area contributed by atoms with Crippen molar-refractivity contribution in [1.82, 2.24) is 9.55 Å². The lowest BCUT2D eigenvalue weighted by atomic mass is 9.99. The van der Waals surface area contributed by atoms with Crippen LogP contribution in [-0.2, 0) is 41.7 Å². The number of imidazole rings is 1. The van der Waals surface area contributed by atoms with Gasteiger partial charge in [0.05, 0.1) is 31.5 Å². The number of carbonyl (C=O) groups is 3. The van der Waals surface area contributed by atoms with Crippen LogP contribution in [0.4, 0.5) is 5.69 Å². The number of fused-ring (bicyclic) bond motifs is 4. The third-order valence-corrected chi connectivity index (χ3v) is 7.98. The van der Waals surface area contributed by atoms with E-state index in [1.165, 1.54) is 7.11 Å². The molecule has 3 rings (SSSR count). The molecule has 1 aromatic carbocycles. The van der Waals surface area contributed by atoms with Crippen LogP contribution in [0.3, 0.4) is 0 Å². The predicted octanol–water partition coefficient (Wildman–Crippen LogP) is 4.74. The van der Waals surface area contributed by atoms with Crippen LogP contribution in [-0.4, -0.2) is 55.8 Å². The zero-order chi connectivity index (χ0) is 27.0. The van der Waals surface area contributed by atoms with E-state index in [0.717, 1.165) is 11.6 Å². The average Bonchev–Trinajstić information content (AvgIpc) is 3.24. The summed E-state index contributed by atoms with van der Waals surface area (Å²) in [7, 11) is 0.0914. The number of anilines is 1. The number of hydrogen-bond donors (Lipinski definition) is 1. The zero-order valence-electron chi connectivity index (χ0n) is 22.6. The predicted molar refractivity (Wildman–Crippen MR) is 144 cm³/mol. The number of amides is 1. The van der Waals surface area contributed by atoms with Crippen LogP contribution in [0, 0.1) is 0 Å². The Morgan fingerprint density at radius 1 is 1.22 bits per heavy atom. The van der Waals surface area contributed by atoms with Gasteiger partial charge in [-0.25, -0.2) is 4.98 Å². The Bertz CT molecular complexity index is 1110. The third-order valence-electron chi connectivity index (χ3n) is 6.27. The quantitative estimate of drug-likeness (QED) is 0.284. The van der Waals surface area contributed by atoms with Crippen molar-refractivity contribution >= 4 is 31.6 Å². The Hall–Kier alpha value is -2.98. The molecule has 0 radical (unpaired) electrons. The molecule has 0 saturated carbocycles. The van der Waals surface area contributed by atoms with Gasteiger partial charge in [-0.15, -0.1) is 0 Å². The number of rotatable bonds is 9. The summed E-state index contributed by atoms with van der Waals surface area (Å²) in [5.41, 5.74) is 2.60. The Kier molecular flexibility index (Phi) is 10.0. The van der Waals surface area contributed by atoms with Gasteiger partial charge in [0.1, 0.15) is 18.5 Å². The number of nitrogens with one attached hydrogen (secondary N) is 1. The van der Waals surface area contributed by atoms with E-state index in [4.69, 9.17) is 19.2 Å². The summed E-state index contributed by atoms with van der Waals surface area (Å²) in [5, 5.41) is 2.99. The standard InChI is InChI=1S/C27H39N3O6Si/c1-6-36-27(33)21-9-7-8-10-24(31)28-22-15-19(16-25(32)34-2)11-12-20(22)23-17-30(26(21)29-23)18-35-13-14-37(3,4)5/h11-12,15,17,21H,6-10,13-14,16,18H2,1-5H3,(H,28,31). The van der Waals surface area contributed by atoms with Crippen molar-refractivity contribution in [2.75, 3.05) is 25.6 Å². The van der Waals surface area contributed by atoms with Gasteiger partial charge in [-0.05, 0) is 37.4 Å². The molecular weight excluding hydrogens is 490 g/mol. The van der Waals surface area contributed by atoms with E-state index in [1.54, 1.807) is 13.0 Å². The van der Waals surface area contributed by atoms with Gasteiger partial charge in [0.25, 0.3) is 0 Å². The van der Waals surface area contributed by atoms with Crippen LogP contribution in [0.1, 0.15) is 49.9 Å². The van der Waals surface area contributed by atoms with Gasteiger partial charge in [0.15, 0.2) is 0 Å². The van der Waals surface area contributed by atoms with Gasteiger partial charge < -0.3 is 24.1 Å². The first kappa shape index (κ1) is 28.6. The molecule has 1 aliphatic rings. The molecule has 1 atom stereocenters. The van der Waals surface area contributed by atoms with Crippen molar-refractivity contribution in [3.63, 3.8) is 0 Å². The molecule has 0 saturated heterocycles. The molecule has 10 heteroatoms. The van der Waals surface area contributed by atoms with E-state index in [9.17, 15) is 14.4 Å². The smallest absolute Gasteiger partial charge is 0.316 e. The second-order valence-electron chi connectivity index (χ2n) is 10.5. The van der Waals surface area contributed by atoms with Crippen molar-refractivity contribution in [1.29, 1.82) is 0 Å². The fourth-order valence-corrected chi connectivity index (χ4v) is 4.95. The van der Waals surface area contributed by atoms with Crippen molar-refractivity contribution in [3.05, 3.63) is 35.8 Å². The topological polar surface area (TPSA) is 109 Å². The maximum Gasteiger partial charge on any atom is 0.316 e. The molecule has 1 amide bonds. The summed E-state index contributed by atoms with van der Waals surface area (Å²) in [6.45, 7) is 9.88. The number of aromatic nitrogens is 2. The van der Waals surface area contributed by atoms with E-state index in [2.05, 4.69) is 25.0 Å². The van der Waals surface area contributed by atoms with E-state index in [1.807, 2.05) is 22.9 Å². The van der Waals surface area contributed by atoms with Crippen molar-refractivity contribution < 1.29 is 28.6 Å². The summed E-state index contributed by atoms with van der Waals surface area (Å²) in [6, 6.07) is 6.46. The van der Waals surface area contributed by atoms with Crippen molar-refractivity contribution in [3.8, 4) is 11.3 Å². The highest BCUT2D eigenvalue weighted by atomic mass is 28.3. The van der Waals surface area contributed by atoms with Gasteiger partial charge in [-0.3, -0.25) is 14.4 Å². The van der Waals surface area contributed by atoms with Gasteiger partial charge in [0, 0.05) is 32.9 Å². The maximum atomic E-state index is 13.0. The van der Waals surface area contributed by atoms with Crippen LogP contribution in [0.25, 0.3) is 11.3 Å². The van der Waals surface area contributed by atoms with Crippen molar-refractivity contribution in [2.24, 2.45) is 0 Å². The molecule has 1 aliphatic heterocycles. The number of methoxy groups -OCH3 is 1. The fourth-order valence-electron chi connectivity index (χ4n) is 4.19. The van der Waals surface area contributed by atoms with Gasteiger partial charge in [0.2, 0.25) is 5.91 Å². The van der Waals surface area contributed by atoms with Crippen LogP contribution in [0.5, 0.6) is 0 Å². The van der Waals surface area contributed by atoms with Crippen LogP contribution in [0.15, 0.2) is 24.4 Å². The summed E-state index contributed by atoms with van der Waals surface area (Å²) >= 11 is 0. The summed E-state index contributed by atoms with van der Waals surface area (Å²) in [4.78, 5) is 42.4. The molecule has 0 aliphatic carbocycles. The van der Waals surface area contributed by atoms with Gasteiger partial charge in [-0.2, -0.15) is 0 Å². The van der Waals surface area contributed by atoms with Crippen LogP contribution >= 0.6 is 0 Å². The number of hydrogen-bond acceptors (Lipinski definition) is 7. The summed E-state index contributed by atoms with van der Waals surface area (Å²) in [6.07, 6.45) is 4.10. The average molecular weight is 530 g/mol. The first-order valence-electron chi connectivity index (χ1n) is 12.9. The summed E-state index contributed by atoms with van der Waals surface area (Å²) in [5.74, 6) is -0.771. The number of carbonyl (C=O) groups excluding carboxylic acids is 3. The summed E-state index contributed by atoms with van der Waals surface area (Å²) < 4.78 is 18.1. The van der Waals surface area contributed by atoms with Crippen molar-refractivity contribution in [2.45, 2.75) is 77.4 Å². The zero-order valence-corrected chi connectivity index (χ0v) is 23.6. The van der Waals surface area contributed by atoms with Gasteiger partial charge >= 0.3 is 11.9 Å². The second kappa shape index (κ2) is 13.0. The van der Waals surface area contributed by atoms with Crippen LogP contribution in [0.2, 0.25) is 25.7 Å². The molecule has 37 heavy (non-hydrogen) atoms. The number of nitrogens with zero attached hydrogens (tertiary/aromatic N) is 2. The minimum absolute atomic E-state index is 0.0925. The first-order chi connectivity index (χ1) is 17.6. The monoisotopic (exact) mass is 529 g/mol. The molecule has 9 nitrogen and oxygen atoms in total. The Morgan fingerprint density at radius 2 is 2.00 bits per heavy atom. The van der Waals surface area contributed by atoms with E-state index >= 15 is 0 Å². The molecule has 1 unspecified atom stereocenters. The second-order valence-corrected chi connectivity index (χ2v) is 16.2. The highest BCUT2D eigenvalue weighted by Crippen LogP contribution is 2.33. The van der Waals surface area contributed by atoms with Crippen LogP contribution < -0.4 is 5.32 Å². The molecule has 1 aromatic heterocycles. The molecule has 0 fully saturated rings. The molecule has 0 spiro atoms. The first-order valence-corrected chi connectivity index (χ1v) is 16.6. The molecule has 202 valence electrons. The molecule has 2 heterocycles. The lowest BCUT2D eigenvalue weighted by molar-refractivity contribution is -0.145. The minimum atomic E-state index is -1.25. The lowest BCUT2D eigenvalue weighted by Gasteiger charge is -2.19. The number of benzene rings is 1. The van der Waals surface area contributed by atoms with E-state index in [0.29, 0.717) is 55.1 Å². The SMILES string of the molecule is CCOC(=O)C1CCCCC(=O)Nc2cc(CC(=O)OC)ccc2-c2cn(COCC[Si](C)(C)C)c1n2. The van der Waals surface area contributed by atoms with Gasteiger partial charge in [-0.1, -0.05) is 38.2 Å². The Labute approximate surface area is 219 Å². The lowest BCUT2D eigenvalue weighted by Crippen LogP contribution is -2.23. The number of ether oxygens (including phenoxy) is 3. The highest BCUT2D eigenvalue weighted by molar-refractivity contribution is 6.76. The Balaban J connectivity index is 2.04. The molecule has 2 bridgehead atoms. The highest BCUT2D eigenvalue weighted by Gasteiger charge is 2.29. The van der Waals surface area contributed by atoms with E-state index in [-0.39, 0.29) is 37.6 Å². The molecular formula is C27H39N3O6Si. The van der Waals surface area contributed by atoms with E-state index < -0.39 is 14.0 Å². The third kappa shape index (κ3) is 8.26.